The molecule has 1 aromatic heterocycles. The number of benzene rings is 1. The fraction of sp³-hybridized carbons (Fsp3) is 0.176. The summed E-state index contributed by atoms with van der Waals surface area (Å²) in [6.07, 6.45) is 4.08. The van der Waals surface area contributed by atoms with Crippen LogP contribution in [-0.2, 0) is 6.42 Å². The minimum absolute atomic E-state index is 0.119. The summed E-state index contributed by atoms with van der Waals surface area (Å²) in [7, 11) is 0. The van der Waals surface area contributed by atoms with E-state index in [9.17, 15) is 4.79 Å². The highest BCUT2D eigenvalue weighted by Gasteiger charge is 2.06. The van der Waals surface area contributed by atoms with Crippen LogP contribution in [0.4, 0.5) is 5.82 Å². The van der Waals surface area contributed by atoms with Gasteiger partial charge < -0.3 is 10.6 Å². The van der Waals surface area contributed by atoms with E-state index >= 15 is 0 Å². The van der Waals surface area contributed by atoms with Crippen LogP contribution in [0.2, 0.25) is 5.02 Å². The highest BCUT2D eigenvalue weighted by Crippen LogP contribution is 2.11. The molecule has 0 radical (unpaired) electrons. The Morgan fingerprint density at radius 2 is 2.18 bits per heavy atom. The number of anilines is 1. The Morgan fingerprint density at radius 1 is 1.32 bits per heavy atom. The third kappa shape index (κ3) is 4.90. The summed E-state index contributed by atoms with van der Waals surface area (Å²) in [5.41, 5.74) is 1.67. The summed E-state index contributed by atoms with van der Waals surface area (Å²) in [6, 6.07) is 11.0. The smallest absolute Gasteiger partial charge is 0.251 e. The Bertz CT molecular complexity index is 658. The predicted octanol–water partition coefficient (Wildman–Crippen LogP) is 3.31. The summed E-state index contributed by atoms with van der Waals surface area (Å²) in [6.45, 7) is 4.79. The van der Waals surface area contributed by atoms with Crippen LogP contribution in [0, 0.1) is 0 Å². The van der Waals surface area contributed by atoms with Gasteiger partial charge in [0.05, 0.1) is 0 Å². The van der Waals surface area contributed by atoms with E-state index < -0.39 is 0 Å². The molecule has 0 saturated carbocycles. The first-order chi connectivity index (χ1) is 10.7. The molecule has 22 heavy (non-hydrogen) atoms. The maximum Gasteiger partial charge on any atom is 0.251 e. The van der Waals surface area contributed by atoms with Crippen molar-refractivity contribution in [1.29, 1.82) is 0 Å². The van der Waals surface area contributed by atoms with Gasteiger partial charge in [0.2, 0.25) is 0 Å². The highest BCUT2D eigenvalue weighted by molar-refractivity contribution is 6.30. The lowest BCUT2D eigenvalue weighted by Crippen LogP contribution is -2.25. The van der Waals surface area contributed by atoms with Gasteiger partial charge in [-0.3, -0.25) is 4.79 Å². The fourth-order valence-electron chi connectivity index (χ4n) is 1.96. The van der Waals surface area contributed by atoms with E-state index in [4.69, 9.17) is 11.6 Å². The second kappa shape index (κ2) is 8.20. The Kier molecular flexibility index (Phi) is 5.98. The van der Waals surface area contributed by atoms with Crippen molar-refractivity contribution in [3.63, 3.8) is 0 Å². The van der Waals surface area contributed by atoms with Crippen LogP contribution in [0.1, 0.15) is 15.9 Å². The Labute approximate surface area is 135 Å². The van der Waals surface area contributed by atoms with Crippen LogP contribution >= 0.6 is 11.6 Å². The summed E-state index contributed by atoms with van der Waals surface area (Å²) in [5.74, 6) is 0.536. The quantitative estimate of drug-likeness (QED) is 0.771. The second-order valence-corrected chi connectivity index (χ2v) is 5.17. The van der Waals surface area contributed by atoms with Crippen molar-refractivity contribution in [2.75, 3.05) is 18.4 Å². The van der Waals surface area contributed by atoms with Gasteiger partial charge in [-0.1, -0.05) is 29.8 Å². The third-order valence-corrected chi connectivity index (χ3v) is 3.27. The number of amides is 1. The molecule has 1 heterocycles. The van der Waals surface area contributed by atoms with Crippen LogP contribution in [-0.4, -0.2) is 24.0 Å². The number of nitrogens with zero attached hydrogens (tertiary/aromatic N) is 1. The number of hydrogen-bond donors (Lipinski definition) is 2. The van der Waals surface area contributed by atoms with Gasteiger partial charge >= 0.3 is 0 Å². The molecule has 0 aliphatic heterocycles. The molecule has 2 aromatic rings. The molecule has 4 nitrogen and oxygen atoms in total. The minimum atomic E-state index is -0.119. The predicted molar refractivity (Wildman–Crippen MR) is 90.4 cm³/mol. The minimum Gasteiger partial charge on any atom is -0.367 e. The zero-order valence-corrected chi connectivity index (χ0v) is 12.9. The molecule has 0 atom stereocenters. The number of carbonyl (C=O) groups is 1. The molecule has 114 valence electrons. The van der Waals surface area contributed by atoms with Gasteiger partial charge in [0.15, 0.2) is 0 Å². The molecule has 0 unspecified atom stereocenters. The summed E-state index contributed by atoms with van der Waals surface area (Å²) >= 11 is 5.93. The first-order valence-electron chi connectivity index (χ1n) is 7.02. The van der Waals surface area contributed by atoms with Crippen LogP contribution < -0.4 is 10.6 Å². The molecular formula is C17H18ClN3O. The van der Waals surface area contributed by atoms with E-state index in [2.05, 4.69) is 22.2 Å². The highest BCUT2D eigenvalue weighted by atomic mass is 35.5. The molecule has 0 aliphatic rings. The largest absolute Gasteiger partial charge is 0.367 e. The first kappa shape index (κ1) is 16.0. The van der Waals surface area contributed by atoms with Gasteiger partial charge in [0.1, 0.15) is 5.82 Å². The number of nitrogens with one attached hydrogen (secondary N) is 2. The average molecular weight is 316 g/mol. The van der Waals surface area contributed by atoms with Gasteiger partial charge in [-0.15, -0.1) is 6.58 Å². The molecule has 1 amide bonds. The SMILES string of the molecule is C=CCNc1cc(C(=O)NCCc2cccc(Cl)c2)ccn1. The number of aromatic nitrogens is 1. The summed E-state index contributed by atoms with van der Waals surface area (Å²) in [5, 5.41) is 6.65. The van der Waals surface area contributed by atoms with Crippen molar-refractivity contribution in [2.45, 2.75) is 6.42 Å². The lowest BCUT2D eigenvalue weighted by molar-refractivity contribution is 0.0954. The molecule has 2 N–H and O–H groups in total. The molecule has 0 bridgehead atoms. The van der Waals surface area contributed by atoms with Crippen LogP contribution in [0.25, 0.3) is 0 Å². The number of rotatable bonds is 7. The first-order valence-corrected chi connectivity index (χ1v) is 7.40. The number of carbonyl (C=O) groups excluding carboxylic acids is 1. The monoisotopic (exact) mass is 315 g/mol. The molecular weight excluding hydrogens is 298 g/mol. The van der Waals surface area contributed by atoms with Gasteiger partial charge in [0.25, 0.3) is 5.91 Å². The van der Waals surface area contributed by atoms with Crippen molar-refractivity contribution < 1.29 is 4.79 Å². The fourth-order valence-corrected chi connectivity index (χ4v) is 2.17. The van der Waals surface area contributed by atoms with Crippen molar-refractivity contribution in [1.82, 2.24) is 10.3 Å². The average Bonchev–Trinajstić information content (AvgIpc) is 2.53. The standard InChI is InChI=1S/C17H18ClN3O/c1-2-8-19-16-12-14(7-10-20-16)17(22)21-9-6-13-4-3-5-15(18)11-13/h2-5,7,10-12H,1,6,8-9H2,(H,19,20)(H,21,22). The van der Waals surface area contributed by atoms with E-state index in [-0.39, 0.29) is 5.91 Å². The number of hydrogen-bond acceptors (Lipinski definition) is 3. The normalized spacial score (nSPS) is 10.0. The van der Waals surface area contributed by atoms with E-state index in [1.807, 2.05) is 24.3 Å². The maximum absolute atomic E-state index is 12.1. The second-order valence-electron chi connectivity index (χ2n) is 4.74. The van der Waals surface area contributed by atoms with Crippen molar-refractivity contribution in [2.24, 2.45) is 0 Å². The van der Waals surface area contributed by atoms with E-state index in [1.165, 1.54) is 0 Å². The maximum atomic E-state index is 12.1. The van der Waals surface area contributed by atoms with E-state index in [0.29, 0.717) is 29.5 Å². The van der Waals surface area contributed by atoms with Crippen molar-refractivity contribution in [3.8, 4) is 0 Å². The lowest BCUT2D eigenvalue weighted by atomic mass is 10.1. The topological polar surface area (TPSA) is 54.0 Å². The Hall–Kier alpha value is -2.33. The summed E-state index contributed by atoms with van der Waals surface area (Å²) < 4.78 is 0. The third-order valence-electron chi connectivity index (χ3n) is 3.04. The van der Waals surface area contributed by atoms with Gasteiger partial charge in [-0.2, -0.15) is 0 Å². The molecule has 1 aromatic carbocycles. The Morgan fingerprint density at radius 3 is 2.95 bits per heavy atom. The molecule has 2 rings (SSSR count). The van der Waals surface area contributed by atoms with Crippen LogP contribution in [0.3, 0.4) is 0 Å². The zero-order chi connectivity index (χ0) is 15.8. The Balaban J connectivity index is 1.88. The zero-order valence-electron chi connectivity index (χ0n) is 12.2. The molecule has 0 saturated heterocycles. The van der Waals surface area contributed by atoms with Crippen LogP contribution in [0.5, 0.6) is 0 Å². The van der Waals surface area contributed by atoms with Gasteiger partial charge in [0, 0.05) is 29.9 Å². The molecule has 5 heteroatoms. The van der Waals surface area contributed by atoms with Crippen molar-refractivity contribution in [3.05, 3.63) is 71.4 Å². The lowest BCUT2D eigenvalue weighted by Gasteiger charge is -2.07. The molecule has 0 aliphatic carbocycles. The van der Waals surface area contributed by atoms with E-state index in [1.54, 1.807) is 24.4 Å². The molecule has 0 fully saturated rings. The van der Waals surface area contributed by atoms with Crippen molar-refractivity contribution >= 4 is 23.3 Å². The van der Waals surface area contributed by atoms with Gasteiger partial charge in [-0.05, 0) is 36.2 Å². The van der Waals surface area contributed by atoms with Gasteiger partial charge in [-0.25, -0.2) is 4.98 Å². The number of halogens is 1. The summed E-state index contributed by atoms with van der Waals surface area (Å²) in [4.78, 5) is 16.3. The number of pyridine rings is 1. The van der Waals surface area contributed by atoms with Crippen LogP contribution in [0.15, 0.2) is 55.3 Å². The molecule has 0 spiro atoms. The van der Waals surface area contributed by atoms with E-state index in [0.717, 1.165) is 12.0 Å².